The smallest absolute Gasteiger partial charge is 0.0738 e. The van der Waals surface area contributed by atoms with E-state index in [4.69, 9.17) is 11.6 Å². The summed E-state index contributed by atoms with van der Waals surface area (Å²) < 4.78 is 0. The maximum absolute atomic E-state index is 7.24. The lowest BCUT2D eigenvalue weighted by molar-refractivity contribution is 0.798. The van der Waals surface area contributed by atoms with E-state index in [1.165, 1.54) is 83.5 Å². The van der Waals surface area contributed by atoms with Crippen molar-refractivity contribution in [1.29, 1.82) is 0 Å². The van der Waals surface area contributed by atoms with Gasteiger partial charge >= 0.3 is 0 Å². The van der Waals surface area contributed by atoms with Crippen LogP contribution in [0.25, 0.3) is 66.8 Å². The molecule has 0 heterocycles. The van der Waals surface area contributed by atoms with Crippen LogP contribution in [0, 0.1) is 0 Å². The lowest BCUT2D eigenvalue weighted by atomic mass is 9.66. The minimum Gasteiger partial charge on any atom is -0.0837 e. The predicted octanol–water partition coefficient (Wildman–Crippen LogP) is 13.4. The van der Waals surface area contributed by atoms with Gasteiger partial charge in [0.2, 0.25) is 0 Å². The lowest BCUT2D eigenvalue weighted by Crippen LogP contribution is -2.27. The predicted molar refractivity (Wildman–Crippen MR) is 209 cm³/mol. The summed E-state index contributed by atoms with van der Waals surface area (Å²) in [6.45, 7) is 0. The maximum Gasteiger partial charge on any atom is 0.0738 e. The molecule has 8 aromatic carbocycles. The second-order valence-electron chi connectivity index (χ2n) is 13.2. The summed E-state index contributed by atoms with van der Waals surface area (Å²) in [5.74, 6) is 0. The quantitative estimate of drug-likeness (QED) is 0.177. The normalized spacial score (nSPS) is 13.1. The molecule has 0 fully saturated rings. The van der Waals surface area contributed by atoms with Crippen LogP contribution in [0.4, 0.5) is 0 Å². The van der Waals surface area contributed by atoms with E-state index in [1.807, 2.05) is 6.07 Å². The van der Waals surface area contributed by atoms with Crippen molar-refractivity contribution in [3.8, 4) is 66.8 Å². The van der Waals surface area contributed by atoms with Gasteiger partial charge in [-0.15, -0.1) is 0 Å². The minimum absolute atomic E-state index is 0.609. The number of halogens is 1. The molecule has 1 spiro atoms. The third kappa shape index (κ3) is 4.00. The van der Waals surface area contributed by atoms with Gasteiger partial charge in [0.25, 0.3) is 0 Å². The Morgan fingerprint density at radius 2 is 0.640 bits per heavy atom. The first-order valence-corrected chi connectivity index (χ1v) is 17.6. The molecule has 0 nitrogen and oxygen atoms in total. The summed E-state index contributed by atoms with van der Waals surface area (Å²) in [6, 6.07) is 68.5. The van der Waals surface area contributed by atoms with Crippen LogP contribution in [-0.4, -0.2) is 0 Å². The van der Waals surface area contributed by atoms with Gasteiger partial charge in [-0.2, -0.15) is 0 Å². The van der Waals surface area contributed by atoms with E-state index >= 15 is 0 Å². The molecule has 0 radical (unpaired) electrons. The van der Waals surface area contributed by atoms with Crippen molar-refractivity contribution < 1.29 is 0 Å². The fourth-order valence-corrected chi connectivity index (χ4v) is 9.21. The Morgan fingerprint density at radius 3 is 1.16 bits per heavy atom. The van der Waals surface area contributed by atoms with E-state index in [0.29, 0.717) is 0 Å². The Morgan fingerprint density at radius 1 is 0.280 bits per heavy atom. The SMILES string of the molecule is Clc1cccc2c1-c1ccccc1C21c2c(-c3ccccc3-c3ccccc3)cccc2-c2cccc(-c3ccccc3-c3ccccc3)c21. The summed E-state index contributed by atoms with van der Waals surface area (Å²) in [6.07, 6.45) is 0. The summed E-state index contributed by atoms with van der Waals surface area (Å²) in [7, 11) is 0. The molecular formula is C49H31Cl. The average molecular weight is 655 g/mol. The van der Waals surface area contributed by atoms with Gasteiger partial charge in [0, 0.05) is 10.6 Å². The zero-order chi connectivity index (χ0) is 33.2. The molecule has 8 aromatic rings. The highest BCUT2D eigenvalue weighted by Gasteiger charge is 2.54. The molecule has 0 aromatic heterocycles. The van der Waals surface area contributed by atoms with Crippen LogP contribution in [0.3, 0.4) is 0 Å². The Labute approximate surface area is 297 Å². The number of hydrogen-bond donors (Lipinski definition) is 0. The van der Waals surface area contributed by atoms with E-state index in [0.717, 1.165) is 10.6 Å². The molecule has 1 heteroatoms. The van der Waals surface area contributed by atoms with Gasteiger partial charge in [-0.05, 0) is 89.5 Å². The number of rotatable bonds is 4. The molecule has 0 saturated heterocycles. The van der Waals surface area contributed by atoms with E-state index in [9.17, 15) is 0 Å². The first-order valence-electron chi connectivity index (χ1n) is 17.2. The molecule has 0 saturated carbocycles. The van der Waals surface area contributed by atoms with E-state index in [1.54, 1.807) is 0 Å². The van der Waals surface area contributed by atoms with Crippen molar-refractivity contribution in [2.24, 2.45) is 0 Å². The lowest BCUT2D eigenvalue weighted by Gasteiger charge is -2.34. The molecule has 0 atom stereocenters. The molecule has 0 unspecified atom stereocenters. The van der Waals surface area contributed by atoms with Crippen LogP contribution in [0.15, 0.2) is 188 Å². The molecule has 10 rings (SSSR count). The minimum atomic E-state index is -0.609. The fraction of sp³-hybridized carbons (Fsp3) is 0.0204. The summed E-state index contributed by atoms with van der Waals surface area (Å²) in [5.41, 5.74) is 19.2. The van der Waals surface area contributed by atoms with Crippen LogP contribution in [-0.2, 0) is 5.41 Å². The first kappa shape index (κ1) is 29.0. The van der Waals surface area contributed by atoms with E-state index < -0.39 is 5.41 Å². The van der Waals surface area contributed by atoms with Gasteiger partial charge in [0.1, 0.15) is 0 Å². The Hall–Kier alpha value is -5.95. The second kappa shape index (κ2) is 11.3. The Bertz CT molecular complexity index is 2460. The molecule has 0 N–H and O–H groups in total. The van der Waals surface area contributed by atoms with Crippen LogP contribution >= 0.6 is 11.6 Å². The van der Waals surface area contributed by atoms with Gasteiger partial charge < -0.3 is 0 Å². The van der Waals surface area contributed by atoms with Gasteiger partial charge in [-0.3, -0.25) is 0 Å². The van der Waals surface area contributed by atoms with Gasteiger partial charge in [-0.25, -0.2) is 0 Å². The van der Waals surface area contributed by atoms with E-state index in [2.05, 4.69) is 182 Å². The molecule has 2 aliphatic carbocycles. The molecule has 0 bridgehead atoms. The second-order valence-corrected chi connectivity index (χ2v) is 13.6. The number of fused-ring (bicyclic) bond motifs is 10. The standard InChI is InChI=1S/C49H31Cl/c50-45-31-15-30-44-46(45)42-24-11-12-29-43(42)49(44)47-38(36-22-9-7-20-34(36)32-16-3-1-4-17-32)25-13-27-40(47)41-28-14-26-39(48(41)49)37-23-10-8-21-35(37)33-18-5-2-6-19-33/h1-31H. The Kier molecular flexibility index (Phi) is 6.56. The third-order valence-electron chi connectivity index (χ3n) is 10.8. The zero-order valence-electron chi connectivity index (χ0n) is 27.3. The van der Waals surface area contributed by atoms with Crippen molar-refractivity contribution in [2.45, 2.75) is 5.41 Å². The number of hydrogen-bond acceptors (Lipinski definition) is 0. The van der Waals surface area contributed by atoms with Gasteiger partial charge in [-0.1, -0.05) is 194 Å². The highest BCUT2D eigenvalue weighted by molar-refractivity contribution is 6.34. The molecule has 0 aliphatic heterocycles. The van der Waals surface area contributed by atoms with Gasteiger partial charge in [0.15, 0.2) is 0 Å². The van der Waals surface area contributed by atoms with Crippen LogP contribution in [0.2, 0.25) is 5.02 Å². The molecular weight excluding hydrogens is 624 g/mol. The fourth-order valence-electron chi connectivity index (χ4n) is 8.93. The zero-order valence-corrected chi connectivity index (χ0v) is 28.0. The van der Waals surface area contributed by atoms with Crippen LogP contribution in [0.5, 0.6) is 0 Å². The highest BCUT2D eigenvalue weighted by atomic mass is 35.5. The van der Waals surface area contributed by atoms with Crippen LogP contribution in [0.1, 0.15) is 22.3 Å². The molecule has 50 heavy (non-hydrogen) atoms. The van der Waals surface area contributed by atoms with E-state index in [-0.39, 0.29) is 0 Å². The summed E-state index contributed by atoms with van der Waals surface area (Å²) in [5, 5.41) is 0.783. The van der Waals surface area contributed by atoms with Crippen molar-refractivity contribution >= 4 is 11.6 Å². The summed E-state index contributed by atoms with van der Waals surface area (Å²) in [4.78, 5) is 0. The maximum atomic E-state index is 7.24. The monoisotopic (exact) mass is 654 g/mol. The van der Waals surface area contributed by atoms with Crippen LogP contribution < -0.4 is 0 Å². The third-order valence-corrected chi connectivity index (χ3v) is 11.1. The van der Waals surface area contributed by atoms with Gasteiger partial charge in [0.05, 0.1) is 5.41 Å². The van der Waals surface area contributed by atoms with Crippen molar-refractivity contribution in [3.05, 3.63) is 215 Å². The number of benzene rings is 8. The molecule has 2 aliphatic rings. The average Bonchev–Trinajstić information content (AvgIpc) is 3.67. The largest absolute Gasteiger partial charge is 0.0837 e. The van der Waals surface area contributed by atoms with Crippen molar-refractivity contribution in [2.75, 3.05) is 0 Å². The van der Waals surface area contributed by atoms with Crippen molar-refractivity contribution in [1.82, 2.24) is 0 Å². The first-order chi connectivity index (χ1) is 24.8. The molecule has 0 amide bonds. The topological polar surface area (TPSA) is 0 Å². The summed E-state index contributed by atoms with van der Waals surface area (Å²) >= 11 is 7.24. The molecule has 234 valence electrons. The highest BCUT2D eigenvalue weighted by Crippen LogP contribution is 2.67. The van der Waals surface area contributed by atoms with Crippen molar-refractivity contribution in [3.63, 3.8) is 0 Å². The Balaban J connectivity index is 1.38.